The summed E-state index contributed by atoms with van der Waals surface area (Å²) in [5.41, 5.74) is 3.60. The van der Waals surface area contributed by atoms with Crippen LogP contribution in [0.1, 0.15) is 35.2 Å². The fraction of sp³-hybridized carbons (Fsp3) is 0.139. The highest BCUT2D eigenvalue weighted by atomic mass is 79.9. The molecule has 0 saturated heterocycles. The van der Waals surface area contributed by atoms with Crippen molar-refractivity contribution in [3.63, 3.8) is 0 Å². The number of para-hydroxylation sites is 1. The van der Waals surface area contributed by atoms with Crippen molar-refractivity contribution in [1.82, 2.24) is 4.57 Å². The topological polar surface area (TPSA) is 88.4 Å². The molecule has 0 saturated carbocycles. The molecule has 1 aromatic heterocycles. The molecule has 10 heteroatoms. The molecule has 5 aromatic rings. The Labute approximate surface area is 276 Å². The van der Waals surface area contributed by atoms with Gasteiger partial charge in [0.1, 0.15) is 12.4 Å². The van der Waals surface area contributed by atoms with Gasteiger partial charge in [-0.3, -0.25) is 9.36 Å². The van der Waals surface area contributed by atoms with E-state index in [-0.39, 0.29) is 24.5 Å². The van der Waals surface area contributed by atoms with Crippen LogP contribution in [0.2, 0.25) is 0 Å². The molecule has 0 bridgehead atoms. The maximum Gasteiger partial charge on any atom is 0.338 e. The molecule has 7 rings (SSSR count). The van der Waals surface area contributed by atoms with Crippen molar-refractivity contribution in [2.24, 2.45) is 4.99 Å². The second-order valence-corrected chi connectivity index (χ2v) is 12.4. The molecule has 0 aliphatic carbocycles. The number of aromatic nitrogens is 1. The van der Waals surface area contributed by atoms with Gasteiger partial charge in [0.25, 0.3) is 5.56 Å². The Hall–Kier alpha value is -4.93. The maximum absolute atomic E-state index is 14.3. The van der Waals surface area contributed by atoms with Crippen molar-refractivity contribution in [3.8, 4) is 17.2 Å². The summed E-state index contributed by atoms with van der Waals surface area (Å²) in [6, 6.07) is 29.6. The first-order valence-corrected chi connectivity index (χ1v) is 16.3. The van der Waals surface area contributed by atoms with Crippen molar-refractivity contribution in [1.29, 1.82) is 0 Å². The van der Waals surface area contributed by atoms with E-state index in [1.165, 1.54) is 11.3 Å². The number of nitrogens with zero attached hydrogens (tertiary/aromatic N) is 2. The van der Waals surface area contributed by atoms with Gasteiger partial charge in [-0.2, -0.15) is 0 Å². The average molecular weight is 696 g/mol. The van der Waals surface area contributed by atoms with E-state index in [0.717, 1.165) is 21.2 Å². The molecule has 230 valence electrons. The molecular formula is C36H27BrN2O6S. The zero-order chi connectivity index (χ0) is 31.6. The zero-order valence-corrected chi connectivity index (χ0v) is 27.0. The Kier molecular flexibility index (Phi) is 8.30. The Morgan fingerprint density at radius 1 is 1.00 bits per heavy atom. The Morgan fingerprint density at radius 3 is 2.57 bits per heavy atom. The van der Waals surface area contributed by atoms with Gasteiger partial charge in [-0.25, -0.2) is 9.79 Å². The summed E-state index contributed by atoms with van der Waals surface area (Å²) in [7, 11) is 0. The van der Waals surface area contributed by atoms with Crippen LogP contribution in [0.4, 0.5) is 0 Å². The monoisotopic (exact) mass is 694 g/mol. The third-order valence-corrected chi connectivity index (χ3v) is 9.11. The molecule has 4 aromatic carbocycles. The number of halogens is 1. The molecule has 0 N–H and O–H groups in total. The number of esters is 1. The lowest BCUT2D eigenvalue weighted by atomic mass is 9.93. The standard InChI is InChI=1S/C36H27BrN2O6S/c1-2-42-35(41)31-32(23-8-4-3-5-9-23)38-36-39(33(31)25-14-17-28-29(18-25)45-21-44-28)34(40)30(46-36)19-24-10-6-7-11-27(24)43-20-22-12-15-26(37)16-13-22/h3-19,33H,2,20-21H2,1H3/b30-19-/t33-/m0/s1. The number of ether oxygens (including phenoxy) is 4. The summed E-state index contributed by atoms with van der Waals surface area (Å²) >= 11 is 4.72. The van der Waals surface area contributed by atoms with Crippen LogP contribution in [0, 0.1) is 0 Å². The van der Waals surface area contributed by atoms with E-state index >= 15 is 0 Å². The van der Waals surface area contributed by atoms with E-state index in [1.54, 1.807) is 17.6 Å². The lowest BCUT2D eigenvalue weighted by molar-refractivity contribution is -0.138. The number of benzene rings is 4. The molecule has 3 heterocycles. The van der Waals surface area contributed by atoms with Gasteiger partial charge in [-0.1, -0.05) is 94.0 Å². The van der Waals surface area contributed by atoms with Gasteiger partial charge in [0, 0.05) is 15.6 Å². The van der Waals surface area contributed by atoms with Gasteiger partial charge in [0.2, 0.25) is 6.79 Å². The Balaban J connectivity index is 1.39. The van der Waals surface area contributed by atoms with Crippen LogP contribution < -0.4 is 29.1 Å². The minimum Gasteiger partial charge on any atom is -0.488 e. The largest absolute Gasteiger partial charge is 0.488 e. The molecule has 0 fully saturated rings. The Bertz CT molecular complexity index is 2160. The number of hydrogen-bond donors (Lipinski definition) is 0. The highest BCUT2D eigenvalue weighted by Crippen LogP contribution is 2.40. The van der Waals surface area contributed by atoms with Gasteiger partial charge in [0.05, 0.1) is 28.5 Å². The molecule has 0 radical (unpaired) electrons. The minimum absolute atomic E-state index is 0.0979. The number of hydrogen-bond acceptors (Lipinski definition) is 8. The van der Waals surface area contributed by atoms with E-state index < -0.39 is 12.0 Å². The van der Waals surface area contributed by atoms with Crippen LogP contribution in [-0.2, 0) is 16.1 Å². The molecule has 0 spiro atoms. The number of thiazole rings is 1. The molecule has 46 heavy (non-hydrogen) atoms. The van der Waals surface area contributed by atoms with Crippen LogP contribution in [0.15, 0.2) is 117 Å². The molecule has 0 amide bonds. The smallest absolute Gasteiger partial charge is 0.338 e. The van der Waals surface area contributed by atoms with E-state index in [4.69, 9.17) is 23.9 Å². The lowest BCUT2D eigenvalue weighted by Gasteiger charge is -2.26. The van der Waals surface area contributed by atoms with E-state index in [1.807, 2.05) is 97.1 Å². The van der Waals surface area contributed by atoms with Crippen molar-refractivity contribution in [2.45, 2.75) is 19.6 Å². The number of carbonyl (C=O) groups excluding carboxylic acids is 1. The van der Waals surface area contributed by atoms with Gasteiger partial charge < -0.3 is 18.9 Å². The van der Waals surface area contributed by atoms with Crippen LogP contribution in [0.25, 0.3) is 11.8 Å². The van der Waals surface area contributed by atoms with E-state index in [2.05, 4.69) is 15.9 Å². The number of carbonyl (C=O) groups is 1. The fourth-order valence-electron chi connectivity index (χ4n) is 5.45. The second kappa shape index (κ2) is 12.8. The van der Waals surface area contributed by atoms with E-state index in [0.29, 0.717) is 44.4 Å². The van der Waals surface area contributed by atoms with Crippen LogP contribution >= 0.6 is 27.3 Å². The minimum atomic E-state index is -0.828. The van der Waals surface area contributed by atoms with E-state index in [9.17, 15) is 9.59 Å². The van der Waals surface area contributed by atoms with Crippen LogP contribution in [0.5, 0.6) is 17.2 Å². The van der Waals surface area contributed by atoms with Gasteiger partial charge in [-0.05, 0) is 54.5 Å². The van der Waals surface area contributed by atoms with Gasteiger partial charge in [-0.15, -0.1) is 0 Å². The van der Waals surface area contributed by atoms with Crippen molar-refractivity contribution in [2.75, 3.05) is 13.4 Å². The van der Waals surface area contributed by atoms with Crippen LogP contribution in [-0.4, -0.2) is 23.9 Å². The summed E-state index contributed by atoms with van der Waals surface area (Å²) in [6.07, 6.45) is 1.81. The molecule has 1 atom stereocenters. The quantitative estimate of drug-likeness (QED) is 0.185. The maximum atomic E-state index is 14.3. The third kappa shape index (κ3) is 5.77. The summed E-state index contributed by atoms with van der Waals surface area (Å²) in [6.45, 7) is 2.38. The first kappa shape index (κ1) is 29.8. The fourth-order valence-corrected chi connectivity index (χ4v) is 6.71. The van der Waals surface area contributed by atoms with Crippen LogP contribution in [0.3, 0.4) is 0 Å². The molecule has 2 aliphatic heterocycles. The summed E-state index contributed by atoms with van der Waals surface area (Å²) in [5, 5.41) is 0. The highest BCUT2D eigenvalue weighted by molar-refractivity contribution is 9.10. The molecular weight excluding hydrogens is 668 g/mol. The highest BCUT2D eigenvalue weighted by Gasteiger charge is 2.36. The van der Waals surface area contributed by atoms with Crippen molar-refractivity contribution in [3.05, 3.63) is 149 Å². The SMILES string of the molecule is CCOC(=O)C1=C(c2ccccc2)N=c2s/c(=C\c3ccccc3OCc3ccc(Br)cc3)c(=O)n2[C@H]1c1ccc2c(c1)OCO2. The van der Waals surface area contributed by atoms with Crippen molar-refractivity contribution < 1.29 is 23.7 Å². The normalized spacial score (nSPS) is 15.3. The van der Waals surface area contributed by atoms with Gasteiger partial charge in [0.15, 0.2) is 16.3 Å². The number of rotatable bonds is 8. The molecule has 8 nitrogen and oxygen atoms in total. The first-order chi connectivity index (χ1) is 22.5. The predicted octanol–water partition coefficient (Wildman–Crippen LogP) is 6.01. The predicted molar refractivity (Wildman–Crippen MR) is 179 cm³/mol. The zero-order valence-electron chi connectivity index (χ0n) is 24.6. The Morgan fingerprint density at radius 2 is 1.76 bits per heavy atom. The summed E-state index contributed by atoms with van der Waals surface area (Å²) in [4.78, 5) is 33.5. The van der Waals surface area contributed by atoms with Gasteiger partial charge >= 0.3 is 5.97 Å². The lowest BCUT2D eigenvalue weighted by Crippen LogP contribution is -2.40. The molecule has 0 unspecified atom stereocenters. The third-order valence-electron chi connectivity index (χ3n) is 7.60. The number of fused-ring (bicyclic) bond motifs is 2. The molecule has 2 aliphatic rings. The van der Waals surface area contributed by atoms with Crippen molar-refractivity contribution >= 4 is 45.0 Å². The summed E-state index contributed by atoms with van der Waals surface area (Å²) < 4.78 is 26.0. The summed E-state index contributed by atoms with van der Waals surface area (Å²) in [5.74, 6) is 1.23. The average Bonchev–Trinajstić information content (AvgIpc) is 3.68. The first-order valence-electron chi connectivity index (χ1n) is 14.6. The second-order valence-electron chi connectivity index (χ2n) is 10.5.